The minimum absolute atomic E-state index is 0.0788. The number of rotatable bonds is 8. The van der Waals surface area contributed by atoms with Gasteiger partial charge in [0.25, 0.3) is 0 Å². The lowest BCUT2D eigenvalue weighted by molar-refractivity contribution is -0.139. The molecular weight excluding hydrogens is 476 g/mol. The first-order chi connectivity index (χ1) is 15.8. The molecule has 8 heteroatoms. The third-order valence-electron chi connectivity index (χ3n) is 7.84. The number of ether oxygens (including phenoxy) is 3. The Morgan fingerprint density at radius 2 is 1.60 bits per heavy atom. The van der Waals surface area contributed by atoms with Gasteiger partial charge in [0.1, 0.15) is 6.10 Å². The molecule has 1 aliphatic rings. The van der Waals surface area contributed by atoms with Gasteiger partial charge in [-0.25, -0.2) is 4.79 Å². The van der Waals surface area contributed by atoms with Gasteiger partial charge in [0.2, 0.25) is 5.76 Å². The number of esters is 1. The Balaban J connectivity index is 3.42. The molecule has 35 heavy (non-hydrogen) atoms. The Labute approximate surface area is 217 Å². The average Bonchev–Trinajstić information content (AvgIpc) is 2.77. The van der Waals surface area contributed by atoms with E-state index in [9.17, 15) is 4.79 Å². The molecule has 0 bridgehead atoms. The fourth-order valence-electron chi connectivity index (χ4n) is 3.37. The molecule has 1 aliphatic heterocycles. The van der Waals surface area contributed by atoms with Crippen LogP contribution in [-0.2, 0) is 27.9 Å². The summed E-state index contributed by atoms with van der Waals surface area (Å²) in [6, 6.07) is 0. The molecule has 0 fully saturated rings. The van der Waals surface area contributed by atoms with Gasteiger partial charge in [0, 0.05) is 0 Å². The lowest BCUT2D eigenvalue weighted by Crippen LogP contribution is -2.51. The summed E-state index contributed by atoms with van der Waals surface area (Å²) in [7, 11) is -1.24. The summed E-state index contributed by atoms with van der Waals surface area (Å²) in [6.45, 7) is 25.1. The van der Waals surface area contributed by atoms with Crippen LogP contribution in [0.25, 0.3) is 0 Å². The van der Waals surface area contributed by atoms with E-state index in [0.717, 1.165) is 12.8 Å². The standard InChI is InChI=1S/C27H52O6Si2/c1-20-15-14-16-22(33-35(12,13)27(5,6)7)24(19-31-34(10,11)26(2,3)4)32-21(17-20)18-23(29-8)25(28)30-9/h15,18,21-22,24H,14,16-17,19H2,1-13H3/b20-15-,23-18-/t21-,22-,24-/m1/s1. The minimum Gasteiger partial charge on any atom is -0.490 e. The van der Waals surface area contributed by atoms with Crippen LogP contribution in [0.15, 0.2) is 23.5 Å². The second-order valence-electron chi connectivity index (χ2n) is 12.8. The van der Waals surface area contributed by atoms with Crippen LogP contribution in [0, 0.1) is 0 Å². The highest BCUT2D eigenvalue weighted by molar-refractivity contribution is 6.74. The molecule has 6 nitrogen and oxygen atoms in total. The van der Waals surface area contributed by atoms with Crippen molar-refractivity contribution in [3.05, 3.63) is 23.5 Å². The monoisotopic (exact) mass is 528 g/mol. The average molecular weight is 529 g/mol. The van der Waals surface area contributed by atoms with Crippen molar-refractivity contribution in [3.8, 4) is 0 Å². The molecule has 0 saturated carbocycles. The van der Waals surface area contributed by atoms with Crippen LogP contribution in [0.1, 0.15) is 67.7 Å². The van der Waals surface area contributed by atoms with Gasteiger partial charge in [-0.3, -0.25) is 0 Å². The summed E-state index contributed by atoms with van der Waals surface area (Å²) in [5, 5.41) is 0.169. The van der Waals surface area contributed by atoms with Crippen molar-refractivity contribution in [2.75, 3.05) is 20.8 Å². The van der Waals surface area contributed by atoms with E-state index in [-0.39, 0.29) is 34.1 Å². The smallest absolute Gasteiger partial charge is 0.373 e. The molecular formula is C27H52O6Si2. The van der Waals surface area contributed by atoms with Crippen LogP contribution in [0.2, 0.25) is 36.3 Å². The Bertz CT molecular complexity index is 759. The fraction of sp³-hybridized carbons (Fsp3) is 0.815. The quantitative estimate of drug-likeness (QED) is 0.111. The Morgan fingerprint density at radius 3 is 2.09 bits per heavy atom. The molecule has 0 aromatic carbocycles. The molecule has 1 rings (SSSR count). The van der Waals surface area contributed by atoms with Gasteiger partial charge < -0.3 is 23.1 Å². The zero-order chi connectivity index (χ0) is 27.2. The summed E-state index contributed by atoms with van der Waals surface area (Å²) < 4.78 is 30.6. The van der Waals surface area contributed by atoms with E-state index in [4.69, 9.17) is 23.1 Å². The molecule has 0 radical (unpaired) electrons. The molecule has 0 saturated heterocycles. The lowest BCUT2D eigenvalue weighted by atomic mass is 10.1. The highest BCUT2D eigenvalue weighted by Gasteiger charge is 2.43. The number of carbonyl (C=O) groups excluding carboxylic acids is 1. The first-order valence-corrected chi connectivity index (χ1v) is 18.6. The second kappa shape index (κ2) is 12.5. The molecule has 0 aromatic heterocycles. The van der Waals surface area contributed by atoms with Gasteiger partial charge in [0.05, 0.1) is 33.0 Å². The van der Waals surface area contributed by atoms with Gasteiger partial charge in [0.15, 0.2) is 16.6 Å². The molecule has 0 unspecified atom stereocenters. The van der Waals surface area contributed by atoms with E-state index in [1.165, 1.54) is 19.8 Å². The van der Waals surface area contributed by atoms with Crippen molar-refractivity contribution in [2.45, 2.75) is 122 Å². The Morgan fingerprint density at radius 1 is 1.03 bits per heavy atom. The Hall–Kier alpha value is -0.936. The molecule has 0 N–H and O–H groups in total. The van der Waals surface area contributed by atoms with Crippen molar-refractivity contribution >= 4 is 22.6 Å². The first-order valence-electron chi connectivity index (χ1n) is 12.8. The van der Waals surface area contributed by atoms with E-state index in [0.29, 0.717) is 13.0 Å². The zero-order valence-electron chi connectivity index (χ0n) is 24.7. The van der Waals surface area contributed by atoms with E-state index < -0.39 is 22.6 Å². The maximum Gasteiger partial charge on any atom is 0.373 e. The molecule has 0 amide bonds. The fourth-order valence-corrected chi connectivity index (χ4v) is 5.77. The van der Waals surface area contributed by atoms with E-state index >= 15 is 0 Å². The normalized spacial score (nSPS) is 25.1. The SMILES string of the molecule is COC(=O)/C(=C/[C@H]1C/C(C)=C\CC[C@@H](O[Si](C)(C)C(C)(C)C)[C@@H](CO[Si](C)(C)C(C)(C)C)O1)OC. The third kappa shape index (κ3) is 9.46. The highest BCUT2D eigenvalue weighted by atomic mass is 28.4. The second-order valence-corrected chi connectivity index (χ2v) is 22.3. The van der Waals surface area contributed by atoms with Crippen molar-refractivity contribution < 1.29 is 27.9 Å². The summed E-state index contributed by atoms with van der Waals surface area (Å²) in [4.78, 5) is 12.2. The van der Waals surface area contributed by atoms with E-state index in [1.807, 2.05) is 0 Å². The molecule has 1 heterocycles. The zero-order valence-corrected chi connectivity index (χ0v) is 26.7. The Kier molecular flexibility index (Phi) is 11.5. The van der Waals surface area contributed by atoms with Gasteiger partial charge in [-0.15, -0.1) is 0 Å². The van der Waals surface area contributed by atoms with Crippen LogP contribution >= 0.6 is 0 Å². The van der Waals surface area contributed by atoms with Crippen LogP contribution in [-0.4, -0.2) is 61.7 Å². The van der Waals surface area contributed by atoms with E-state index in [2.05, 4.69) is 80.7 Å². The summed E-state index contributed by atoms with van der Waals surface area (Å²) in [6.07, 6.45) is 5.68. The molecule has 3 atom stereocenters. The maximum atomic E-state index is 12.2. The van der Waals surface area contributed by atoms with Crippen molar-refractivity contribution in [1.82, 2.24) is 0 Å². The lowest BCUT2D eigenvalue weighted by Gasteiger charge is -2.43. The summed E-state index contributed by atoms with van der Waals surface area (Å²) >= 11 is 0. The molecule has 0 aliphatic carbocycles. The van der Waals surface area contributed by atoms with Crippen LogP contribution in [0.3, 0.4) is 0 Å². The van der Waals surface area contributed by atoms with Gasteiger partial charge in [-0.05, 0) is 68.5 Å². The van der Waals surface area contributed by atoms with Crippen molar-refractivity contribution in [3.63, 3.8) is 0 Å². The minimum atomic E-state index is -2.06. The number of carbonyl (C=O) groups is 1. The number of hydrogen-bond acceptors (Lipinski definition) is 6. The molecule has 0 aromatic rings. The molecule has 204 valence electrons. The predicted molar refractivity (Wildman–Crippen MR) is 149 cm³/mol. The maximum absolute atomic E-state index is 12.2. The number of methoxy groups -OCH3 is 2. The summed E-state index contributed by atoms with van der Waals surface area (Å²) in [5.74, 6) is -0.365. The largest absolute Gasteiger partial charge is 0.490 e. The third-order valence-corrected chi connectivity index (χ3v) is 16.8. The van der Waals surface area contributed by atoms with E-state index in [1.54, 1.807) is 6.08 Å². The van der Waals surface area contributed by atoms with Crippen LogP contribution in [0.5, 0.6) is 0 Å². The van der Waals surface area contributed by atoms with Crippen LogP contribution < -0.4 is 0 Å². The number of hydrogen-bond donors (Lipinski definition) is 0. The summed E-state index contributed by atoms with van der Waals surface area (Å²) in [5.41, 5.74) is 1.21. The highest BCUT2D eigenvalue weighted by Crippen LogP contribution is 2.40. The van der Waals surface area contributed by atoms with Crippen molar-refractivity contribution in [2.24, 2.45) is 0 Å². The van der Waals surface area contributed by atoms with Crippen molar-refractivity contribution in [1.29, 1.82) is 0 Å². The van der Waals surface area contributed by atoms with Gasteiger partial charge in [-0.2, -0.15) is 0 Å². The topological polar surface area (TPSA) is 63.2 Å². The number of allylic oxidation sites excluding steroid dienone is 1. The molecule has 0 spiro atoms. The predicted octanol–water partition coefficient (Wildman–Crippen LogP) is 6.99. The first kappa shape index (κ1) is 32.1. The van der Waals surface area contributed by atoms with Gasteiger partial charge in [-0.1, -0.05) is 53.2 Å². The van der Waals surface area contributed by atoms with Crippen LogP contribution in [0.4, 0.5) is 0 Å². The van der Waals surface area contributed by atoms with Gasteiger partial charge >= 0.3 is 5.97 Å².